The molecule has 32 heavy (non-hydrogen) atoms. The van der Waals surface area contributed by atoms with Crippen molar-refractivity contribution in [2.75, 3.05) is 16.4 Å². The highest BCUT2D eigenvalue weighted by atomic mass is 19.1. The first-order valence-corrected chi connectivity index (χ1v) is 10.5. The maximum atomic E-state index is 14.9. The number of carbonyl (C=O) groups excluding carboxylic acids is 1. The zero-order chi connectivity index (χ0) is 21.8. The molecule has 10 heteroatoms. The highest BCUT2D eigenvalue weighted by Crippen LogP contribution is 2.42. The molecule has 0 radical (unpaired) electrons. The van der Waals surface area contributed by atoms with Crippen LogP contribution in [0, 0.1) is 5.82 Å². The van der Waals surface area contributed by atoms with E-state index < -0.39 is 11.8 Å². The van der Waals surface area contributed by atoms with Crippen LogP contribution in [0.2, 0.25) is 0 Å². The number of fused-ring (bicyclic) bond motifs is 1. The van der Waals surface area contributed by atoms with Crippen LogP contribution in [0.15, 0.2) is 41.3 Å². The van der Waals surface area contributed by atoms with Gasteiger partial charge in [-0.1, -0.05) is 11.2 Å². The van der Waals surface area contributed by atoms with E-state index in [-0.39, 0.29) is 5.69 Å². The minimum atomic E-state index is -0.602. The quantitative estimate of drug-likeness (QED) is 0.420. The summed E-state index contributed by atoms with van der Waals surface area (Å²) in [5, 5.41) is 9.61. The zero-order valence-electron chi connectivity index (χ0n) is 17.0. The number of nitrogens with two attached hydrogens (primary N) is 1. The third kappa shape index (κ3) is 3.33. The smallest absolute Gasteiger partial charge is 0.325 e. The van der Waals surface area contributed by atoms with Gasteiger partial charge in [0.2, 0.25) is 0 Å². The number of hydrogen-bond donors (Lipinski definition) is 3. The van der Waals surface area contributed by atoms with Gasteiger partial charge >= 0.3 is 6.03 Å². The molecule has 0 saturated heterocycles. The topological polar surface area (TPSA) is 124 Å². The third-order valence-electron chi connectivity index (χ3n) is 5.86. The summed E-state index contributed by atoms with van der Waals surface area (Å²) >= 11 is 0. The van der Waals surface area contributed by atoms with E-state index in [1.54, 1.807) is 12.1 Å². The van der Waals surface area contributed by atoms with E-state index in [1.807, 2.05) is 6.20 Å². The SMILES string of the molecule is Nc1ncnc2c1c(-c1ccc(NC(=O)Nc3cc(C4CC4)on3)c(F)c1)cn2C1CC1. The average molecular weight is 433 g/mol. The molecule has 0 spiro atoms. The van der Waals surface area contributed by atoms with E-state index in [9.17, 15) is 9.18 Å². The Morgan fingerprint density at radius 2 is 2.00 bits per heavy atom. The molecule has 2 saturated carbocycles. The van der Waals surface area contributed by atoms with Gasteiger partial charge in [0.15, 0.2) is 5.82 Å². The number of benzene rings is 1. The number of nitrogens with one attached hydrogen (secondary N) is 2. The zero-order valence-corrected chi connectivity index (χ0v) is 17.0. The molecular formula is C22H20FN7O2. The molecule has 2 fully saturated rings. The highest BCUT2D eigenvalue weighted by molar-refractivity contribution is 6.02. The van der Waals surface area contributed by atoms with Gasteiger partial charge in [-0.05, 0) is 43.4 Å². The molecule has 162 valence electrons. The first-order valence-electron chi connectivity index (χ1n) is 10.5. The van der Waals surface area contributed by atoms with Crippen molar-refractivity contribution in [2.24, 2.45) is 0 Å². The van der Waals surface area contributed by atoms with Crippen molar-refractivity contribution < 1.29 is 13.7 Å². The number of amides is 2. The van der Waals surface area contributed by atoms with Crippen molar-refractivity contribution in [3.63, 3.8) is 0 Å². The summed E-state index contributed by atoms with van der Waals surface area (Å²) in [6.45, 7) is 0. The Hall–Kier alpha value is -3.95. The molecule has 3 heterocycles. The maximum Gasteiger partial charge on any atom is 0.325 e. The molecule has 2 aliphatic rings. The molecule has 0 unspecified atom stereocenters. The molecule has 0 aliphatic heterocycles. The van der Waals surface area contributed by atoms with E-state index in [0.29, 0.717) is 34.5 Å². The van der Waals surface area contributed by atoms with Gasteiger partial charge in [0.1, 0.15) is 29.4 Å². The van der Waals surface area contributed by atoms with E-state index in [0.717, 1.165) is 42.7 Å². The summed E-state index contributed by atoms with van der Waals surface area (Å²) in [7, 11) is 0. The lowest BCUT2D eigenvalue weighted by Gasteiger charge is -2.08. The number of aromatic nitrogens is 4. The van der Waals surface area contributed by atoms with Gasteiger partial charge in [0, 0.05) is 29.8 Å². The first kappa shape index (κ1) is 18.8. The molecular weight excluding hydrogens is 413 g/mol. The van der Waals surface area contributed by atoms with Crippen molar-refractivity contribution in [2.45, 2.75) is 37.6 Å². The summed E-state index contributed by atoms with van der Waals surface area (Å²) in [4.78, 5) is 20.8. The summed E-state index contributed by atoms with van der Waals surface area (Å²) in [6.07, 6.45) is 7.67. The van der Waals surface area contributed by atoms with E-state index in [1.165, 1.54) is 18.5 Å². The van der Waals surface area contributed by atoms with Crippen LogP contribution in [0.25, 0.3) is 22.2 Å². The van der Waals surface area contributed by atoms with Crippen LogP contribution < -0.4 is 16.4 Å². The highest BCUT2D eigenvalue weighted by Gasteiger charge is 2.29. The van der Waals surface area contributed by atoms with Crippen LogP contribution in [0.3, 0.4) is 0 Å². The number of anilines is 3. The number of halogens is 1. The van der Waals surface area contributed by atoms with Crippen LogP contribution >= 0.6 is 0 Å². The molecule has 9 nitrogen and oxygen atoms in total. The standard InChI is InChI=1S/C22H20FN7O2/c23-15-7-12(14-9-30(13-4-5-13)21-19(14)20(24)25-10-26-21)3-6-16(15)27-22(31)28-18-8-17(32-29-18)11-1-2-11/h3,6-11,13H,1-2,4-5H2,(H2,24,25,26)(H2,27,28,29,31). The molecule has 3 aromatic heterocycles. The summed E-state index contributed by atoms with van der Waals surface area (Å²) in [5.74, 6) is 1.22. The van der Waals surface area contributed by atoms with Crippen molar-refractivity contribution in [3.05, 3.63) is 48.4 Å². The van der Waals surface area contributed by atoms with E-state index in [2.05, 4.69) is 30.3 Å². The van der Waals surface area contributed by atoms with Crippen LogP contribution in [0.4, 0.5) is 26.5 Å². The minimum absolute atomic E-state index is 0.0484. The Kier molecular flexibility index (Phi) is 4.14. The van der Waals surface area contributed by atoms with Gasteiger partial charge in [0.05, 0.1) is 11.1 Å². The second-order valence-corrected chi connectivity index (χ2v) is 8.30. The molecule has 6 rings (SSSR count). The number of nitrogen functional groups attached to an aromatic ring is 1. The van der Waals surface area contributed by atoms with Crippen molar-refractivity contribution in [1.82, 2.24) is 19.7 Å². The first-order chi connectivity index (χ1) is 15.6. The Morgan fingerprint density at radius 1 is 1.16 bits per heavy atom. The van der Waals surface area contributed by atoms with Crippen LogP contribution in [0.1, 0.15) is 43.4 Å². The largest absolute Gasteiger partial charge is 0.383 e. The van der Waals surface area contributed by atoms with Gasteiger partial charge < -0.3 is 20.1 Å². The molecule has 2 aliphatic carbocycles. The second-order valence-electron chi connectivity index (χ2n) is 8.30. The third-order valence-corrected chi connectivity index (χ3v) is 5.86. The Bertz CT molecular complexity index is 1350. The average Bonchev–Trinajstić information content (AvgIpc) is 3.71. The van der Waals surface area contributed by atoms with E-state index in [4.69, 9.17) is 10.3 Å². The molecule has 0 atom stereocenters. The van der Waals surface area contributed by atoms with Crippen molar-refractivity contribution >= 4 is 34.4 Å². The van der Waals surface area contributed by atoms with Crippen LogP contribution in [-0.2, 0) is 0 Å². The number of nitrogens with zero attached hydrogens (tertiary/aromatic N) is 4. The number of hydrogen-bond acceptors (Lipinski definition) is 6. The van der Waals surface area contributed by atoms with Gasteiger partial charge in [-0.3, -0.25) is 5.32 Å². The Labute approximate surface area is 181 Å². The molecule has 0 bridgehead atoms. The fourth-order valence-corrected chi connectivity index (χ4v) is 3.92. The van der Waals surface area contributed by atoms with Gasteiger partial charge in [-0.25, -0.2) is 19.2 Å². The predicted octanol–water partition coefficient (Wildman–Crippen LogP) is 4.66. The van der Waals surface area contributed by atoms with Crippen LogP contribution in [0.5, 0.6) is 0 Å². The lowest BCUT2D eigenvalue weighted by Crippen LogP contribution is -2.20. The fourth-order valence-electron chi connectivity index (χ4n) is 3.92. The second kappa shape index (κ2) is 7.04. The minimum Gasteiger partial charge on any atom is -0.383 e. The van der Waals surface area contributed by atoms with E-state index >= 15 is 0 Å². The van der Waals surface area contributed by atoms with Crippen molar-refractivity contribution in [3.8, 4) is 11.1 Å². The van der Waals surface area contributed by atoms with Crippen LogP contribution in [-0.4, -0.2) is 25.7 Å². The monoisotopic (exact) mass is 433 g/mol. The normalized spacial score (nSPS) is 15.8. The van der Waals surface area contributed by atoms with Gasteiger partial charge in [-0.2, -0.15) is 0 Å². The predicted molar refractivity (Wildman–Crippen MR) is 117 cm³/mol. The molecule has 2 amide bonds. The summed E-state index contributed by atoms with van der Waals surface area (Å²) in [6, 6.07) is 6.09. The lowest BCUT2D eigenvalue weighted by molar-refractivity contribution is 0.261. The molecule has 4 N–H and O–H groups in total. The molecule has 4 aromatic rings. The Morgan fingerprint density at radius 3 is 2.75 bits per heavy atom. The van der Waals surface area contributed by atoms with Gasteiger partial charge in [-0.15, -0.1) is 0 Å². The fraction of sp³-hybridized carbons (Fsp3) is 0.273. The summed E-state index contributed by atoms with van der Waals surface area (Å²) in [5.41, 5.74) is 8.31. The Balaban J connectivity index is 1.25. The van der Waals surface area contributed by atoms with Gasteiger partial charge in [0.25, 0.3) is 0 Å². The number of urea groups is 1. The summed E-state index contributed by atoms with van der Waals surface area (Å²) < 4.78 is 22.2. The number of rotatable bonds is 5. The lowest BCUT2D eigenvalue weighted by atomic mass is 10.1. The van der Waals surface area contributed by atoms with Crippen molar-refractivity contribution in [1.29, 1.82) is 0 Å². The number of carbonyl (C=O) groups is 1. The molecule has 1 aromatic carbocycles. The maximum absolute atomic E-state index is 14.9.